The van der Waals surface area contributed by atoms with Gasteiger partial charge in [-0.05, 0) is 36.5 Å². The average molecular weight is 304 g/mol. The zero-order valence-electron chi connectivity index (χ0n) is 12.5. The van der Waals surface area contributed by atoms with Gasteiger partial charge in [-0.15, -0.1) is 13.2 Å². The molecule has 0 aliphatic heterocycles. The molecule has 1 rings (SSSR count). The second-order valence-corrected chi connectivity index (χ2v) is 5.27. The van der Waals surface area contributed by atoms with E-state index in [1.807, 2.05) is 6.92 Å². The third kappa shape index (κ3) is 6.85. The molecule has 2 unspecified atom stereocenters. The summed E-state index contributed by atoms with van der Waals surface area (Å²) in [4.78, 5) is 0. The molecule has 0 saturated heterocycles. The maximum atomic E-state index is 12.1. The standard InChI is InChI=1S/C16H23F3O2/c1-3-5-6-13(4-2)15(20)11-12-7-9-14(10-8-12)21-16(17,18)19/h7-10,13,15,20H,3-6,11H2,1-2H3. The summed E-state index contributed by atoms with van der Waals surface area (Å²) in [5.41, 5.74) is 0.812. The van der Waals surface area contributed by atoms with Crippen LogP contribution in [0.25, 0.3) is 0 Å². The van der Waals surface area contributed by atoms with Crippen LogP contribution >= 0.6 is 0 Å². The Morgan fingerprint density at radius 2 is 1.76 bits per heavy atom. The molecule has 0 aliphatic carbocycles. The molecule has 0 amide bonds. The van der Waals surface area contributed by atoms with E-state index in [-0.39, 0.29) is 11.7 Å². The molecule has 0 bridgehead atoms. The van der Waals surface area contributed by atoms with Crippen molar-refractivity contribution in [2.24, 2.45) is 5.92 Å². The molecule has 120 valence electrons. The second-order valence-electron chi connectivity index (χ2n) is 5.27. The van der Waals surface area contributed by atoms with Gasteiger partial charge in [-0.25, -0.2) is 0 Å². The van der Waals surface area contributed by atoms with Crippen molar-refractivity contribution in [3.05, 3.63) is 29.8 Å². The van der Waals surface area contributed by atoms with E-state index in [9.17, 15) is 18.3 Å². The fourth-order valence-corrected chi connectivity index (χ4v) is 2.37. The van der Waals surface area contributed by atoms with E-state index >= 15 is 0 Å². The van der Waals surface area contributed by atoms with Crippen LogP contribution in [0.5, 0.6) is 5.75 Å². The lowest BCUT2D eigenvalue weighted by molar-refractivity contribution is -0.274. The first-order chi connectivity index (χ1) is 9.85. The van der Waals surface area contributed by atoms with E-state index in [4.69, 9.17) is 0 Å². The molecular formula is C16H23F3O2. The highest BCUT2D eigenvalue weighted by molar-refractivity contribution is 5.27. The lowest BCUT2D eigenvalue weighted by Crippen LogP contribution is -2.22. The molecule has 2 atom stereocenters. The molecule has 0 saturated carbocycles. The molecule has 2 nitrogen and oxygen atoms in total. The van der Waals surface area contributed by atoms with E-state index in [0.717, 1.165) is 31.2 Å². The highest BCUT2D eigenvalue weighted by Crippen LogP contribution is 2.24. The molecule has 5 heteroatoms. The lowest BCUT2D eigenvalue weighted by atomic mass is 9.89. The van der Waals surface area contributed by atoms with Crippen LogP contribution in [0.3, 0.4) is 0 Å². The Morgan fingerprint density at radius 3 is 2.24 bits per heavy atom. The van der Waals surface area contributed by atoms with Gasteiger partial charge in [0.15, 0.2) is 0 Å². The van der Waals surface area contributed by atoms with Crippen molar-refractivity contribution < 1.29 is 23.0 Å². The summed E-state index contributed by atoms with van der Waals surface area (Å²) in [7, 11) is 0. The van der Waals surface area contributed by atoms with Gasteiger partial charge in [-0.1, -0.05) is 45.2 Å². The smallest absolute Gasteiger partial charge is 0.406 e. The monoisotopic (exact) mass is 304 g/mol. The van der Waals surface area contributed by atoms with Gasteiger partial charge in [0.2, 0.25) is 0 Å². The highest BCUT2D eigenvalue weighted by Gasteiger charge is 2.31. The number of unbranched alkanes of at least 4 members (excludes halogenated alkanes) is 1. The zero-order valence-corrected chi connectivity index (χ0v) is 12.5. The van der Waals surface area contributed by atoms with Crippen LogP contribution in [0.4, 0.5) is 13.2 Å². The minimum Gasteiger partial charge on any atom is -0.406 e. The number of aliphatic hydroxyl groups is 1. The number of hydrogen-bond donors (Lipinski definition) is 1. The van der Waals surface area contributed by atoms with Gasteiger partial charge in [0.05, 0.1) is 6.10 Å². The molecule has 0 spiro atoms. The molecule has 0 aliphatic rings. The van der Waals surface area contributed by atoms with Crippen LogP contribution in [0, 0.1) is 5.92 Å². The van der Waals surface area contributed by atoms with Crippen molar-refractivity contribution in [3.63, 3.8) is 0 Å². The van der Waals surface area contributed by atoms with E-state index in [1.165, 1.54) is 12.1 Å². The number of rotatable bonds is 8. The van der Waals surface area contributed by atoms with Crippen molar-refractivity contribution in [1.82, 2.24) is 0 Å². The lowest BCUT2D eigenvalue weighted by Gasteiger charge is -2.21. The minimum atomic E-state index is -4.67. The first kappa shape index (κ1) is 17.8. The molecule has 0 heterocycles. The summed E-state index contributed by atoms with van der Waals surface area (Å²) < 4.78 is 40.0. The number of hydrogen-bond acceptors (Lipinski definition) is 2. The number of aliphatic hydroxyl groups excluding tert-OH is 1. The van der Waals surface area contributed by atoms with Crippen LogP contribution in [-0.4, -0.2) is 17.6 Å². The SMILES string of the molecule is CCCCC(CC)C(O)Cc1ccc(OC(F)(F)F)cc1. The Hall–Kier alpha value is -1.23. The predicted molar refractivity (Wildman–Crippen MR) is 76.1 cm³/mol. The van der Waals surface area contributed by atoms with Crippen molar-refractivity contribution in [3.8, 4) is 5.75 Å². The number of benzene rings is 1. The van der Waals surface area contributed by atoms with E-state index in [0.29, 0.717) is 6.42 Å². The molecule has 0 fully saturated rings. The van der Waals surface area contributed by atoms with Crippen LogP contribution < -0.4 is 4.74 Å². The first-order valence-corrected chi connectivity index (χ1v) is 7.38. The maximum absolute atomic E-state index is 12.1. The van der Waals surface area contributed by atoms with Crippen LogP contribution in [0.2, 0.25) is 0 Å². The highest BCUT2D eigenvalue weighted by atomic mass is 19.4. The van der Waals surface area contributed by atoms with Crippen LogP contribution in [0.1, 0.15) is 45.1 Å². The molecule has 0 radical (unpaired) electrons. The third-order valence-corrected chi connectivity index (χ3v) is 3.60. The number of ether oxygens (including phenoxy) is 1. The van der Waals surface area contributed by atoms with Crippen molar-refractivity contribution >= 4 is 0 Å². The summed E-state index contributed by atoms with van der Waals surface area (Å²) in [6.07, 6.45) is -0.639. The van der Waals surface area contributed by atoms with Gasteiger partial charge in [0.25, 0.3) is 0 Å². The Balaban J connectivity index is 2.57. The van der Waals surface area contributed by atoms with Gasteiger partial charge < -0.3 is 9.84 Å². The quantitative estimate of drug-likeness (QED) is 0.754. The second kappa shape index (κ2) is 8.27. The first-order valence-electron chi connectivity index (χ1n) is 7.38. The predicted octanol–water partition coefficient (Wildman–Crippen LogP) is 4.71. The van der Waals surface area contributed by atoms with Crippen molar-refractivity contribution in [1.29, 1.82) is 0 Å². The van der Waals surface area contributed by atoms with Crippen LogP contribution in [-0.2, 0) is 6.42 Å². The molecule has 0 aromatic heterocycles. The van der Waals surface area contributed by atoms with Gasteiger partial charge in [-0.2, -0.15) is 0 Å². The molecule has 1 aromatic rings. The molecule has 1 N–H and O–H groups in total. The normalized spacial score (nSPS) is 14.8. The summed E-state index contributed by atoms with van der Waals surface area (Å²) >= 11 is 0. The largest absolute Gasteiger partial charge is 0.573 e. The van der Waals surface area contributed by atoms with Gasteiger partial charge in [-0.3, -0.25) is 0 Å². The molecule has 1 aromatic carbocycles. The van der Waals surface area contributed by atoms with Crippen molar-refractivity contribution in [2.45, 2.75) is 58.4 Å². The summed E-state index contributed by atoms with van der Waals surface area (Å²) in [6.45, 7) is 4.16. The number of alkyl halides is 3. The Kier molecular flexibility index (Phi) is 7.02. The fourth-order valence-electron chi connectivity index (χ4n) is 2.37. The summed E-state index contributed by atoms with van der Waals surface area (Å²) in [6, 6.07) is 5.69. The van der Waals surface area contributed by atoms with E-state index < -0.39 is 12.5 Å². The third-order valence-electron chi connectivity index (χ3n) is 3.60. The Labute approximate surface area is 123 Å². The van der Waals surface area contributed by atoms with Crippen molar-refractivity contribution in [2.75, 3.05) is 0 Å². The average Bonchev–Trinajstić information content (AvgIpc) is 2.40. The summed E-state index contributed by atoms with van der Waals surface area (Å²) in [5.74, 6) is -0.00480. The Morgan fingerprint density at radius 1 is 1.14 bits per heavy atom. The van der Waals surface area contributed by atoms with E-state index in [1.54, 1.807) is 12.1 Å². The molecule has 21 heavy (non-hydrogen) atoms. The van der Waals surface area contributed by atoms with Gasteiger partial charge in [0.1, 0.15) is 5.75 Å². The van der Waals surface area contributed by atoms with Crippen LogP contribution in [0.15, 0.2) is 24.3 Å². The maximum Gasteiger partial charge on any atom is 0.573 e. The topological polar surface area (TPSA) is 29.5 Å². The minimum absolute atomic E-state index is 0.232. The fraction of sp³-hybridized carbons (Fsp3) is 0.625. The summed E-state index contributed by atoms with van der Waals surface area (Å²) in [5, 5.41) is 10.2. The number of halogens is 3. The van der Waals surface area contributed by atoms with Gasteiger partial charge in [0, 0.05) is 0 Å². The molecular weight excluding hydrogens is 281 g/mol. The zero-order chi connectivity index (χ0) is 15.9. The Bertz CT molecular complexity index is 401. The van der Waals surface area contributed by atoms with Gasteiger partial charge >= 0.3 is 6.36 Å². The van der Waals surface area contributed by atoms with E-state index in [2.05, 4.69) is 11.7 Å².